The van der Waals surface area contributed by atoms with Crippen LogP contribution in [0.3, 0.4) is 0 Å². The Morgan fingerprint density at radius 3 is 1.63 bits per heavy atom. The Bertz CT molecular complexity index is 909. The Labute approximate surface area is 160 Å². The van der Waals surface area contributed by atoms with Crippen LogP contribution in [0.4, 0.5) is 0 Å². The first-order chi connectivity index (χ1) is 13.2. The fourth-order valence-corrected chi connectivity index (χ4v) is 3.04. The van der Waals surface area contributed by atoms with Crippen molar-refractivity contribution >= 4 is 11.4 Å². The fraction of sp³-hybridized carbons (Fsp3) is 0.120. The summed E-state index contributed by atoms with van der Waals surface area (Å²) in [7, 11) is 1.62. The van der Waals surface area contributed by atoms with Crippen LogP contribution in [0.2, 0.25) is 0 Å². The lowest BCUT2D eigenvalue weighted by Crippen LogP contribution is -2.11. The van der Waals surface area contributed by atoms with Crippen molar-refractivity contribution in [3.05, 3.63) is 119 Å². The molecule has 0 saturated heterocycles. The van der Waals surface area contributed by atoms with Crippen molar-refractivity contribution in [2.75, 3.05) is 7.11 Å². The van der Waals surface area contributed by atoms with Crippen molar-refractivity contribution in [1.29, 1.82) is 0 Å². The smallest absolute Gasteiger partial charge is 0.166 e. The normalized spacial score (nSPS) is 11.3. The molecule has 0 aliphatic rings. The van der Waals surface area contributed by atoms with Gasteiger partial charge in [-0.2, -0.15) is 0 Å². The summed E-state index contributed by atoms with van der Waals surface area (Å²) in [4.78, 5) is 12.5. The number of Topliss-reactive ketones (excluding diaryl/α,β-unsaturated/α-hetero) is 1. The topological polar surface area (TPSA) is 26.3 Å². The molecule has 0 aliphatic carbocycles. The standard InChI is InChI=1S/C25H22O2/c1-19(26)23(25(27-2)22-16-10-5-11-17-22)18-24(20-12-6-3-7-13-20)21-14-8-4-9-15-21/h3-17,25H,1-2H3/t25-/m0/s1. The van der Waals surface area contributed by atoms with Crippen molar-refractivity contribution < 1.29 is 9.53 Å². The molecule has 0 aliphatic heterocycles. The van der Waals surface area contributed by atoms with Crippen molar-refractivity contribution in [2.24, 2.45) is 0 Å². The van der Waals surface area contributed by atoms with E-state index in [-0.39, 0.29) is 5.78 Å². The number of ketones is 1. The summed E-state index contributed by atoms with van der Waals surface area (Å²) < 4.78 is 5.70. The van der Waals surface area contributed by atoms with E-state index in [9.17, 15) is 4.79 Å². The van der Waals surface area contributed by atoms with E-state index >= 15 is 0 Å². The van der Waals surface area contributed by atoms with Crippen LogP contribution in [-0.4, -0.2) is 12.9 Å². The lowest BCUT2D eigenvalue weighted by Gasteiger charge is -2.17. The molecule has 2 heteroatoms. The SMILES string of the molecule is CO[C@H](C(=C=C(c1ccccc1)c1ccccc1)C(C)=O)c1ccccc1. The summed E-state index contributed by atoms with van der Waals surface area (Å²) in [5.41, 5.74) is 7.71. The number of hydrogen-bond acceptors (Lipinski definition) is 2. The Morgan fingerprint density at radius 1 is 0.778 bits per heavy atom. The summed E-state index contributed by atoms with van der Waals surface area (Å²) in [5.74, 6) is -0.0601. The van der Waals surface area contributed by atoms with Gasteiger partial charge in [0.05, 0.1) is 5.57 Å². The molecule has 0 radical (unpaired) electrons. The lowest BCUT2D eigenvalue weighted by molar-refractivity contribution is -0.114. The van der Waals surface area contributed by atoms with Gasteiger partial charge in [-0.15, -0.1) is 5.73 Å². The van der Waals surface area contributed by atoms with Gasteiger partial charge in [0.2, 0.25) is 0 Å². The van der Waals surface area contributed by atoms with Gasteiger partial charge in [-0.1, -0.05) is 91.0 Å². The van der Waals surface area contributed by atoms with Crippen molar-refractivity contribution in [3.63, 3.8) is 0 Å². The van der Waals surface area contributed by atoms with Gasteiger partial charge in [0, 0.05) is 12.7 Å². The van der Waals surface area contributed by atoms with Crippen molar-refractivity contribution in [1.82, 2.24) is 0 Å². The molecule has 3 aromatic rings. The number of ether oxygens (including phenoxy) is 1. The van der Waals surface area contributed by atoms with Crippen LogP contribution in [0.5, 0.6) is 0 Å². The van der Waals surface area contributed by atoms with E-state index in [0.717, 1.165) is 22.3 Å². The van der Waals surface area contributed by atoms with Crippen molar-refractivity contribution in [3.8, 4) is 0 Å². The molecule has 0 fully saturated rings. The van der Waals surface area contributed by atoms with E-state index in [2.05, 4.69) is 5.73 Å². The lowest BCUT2D eigenvalue weighted by atomic mass is 9.94. The predicted octanol–water partition coefficient (Wildman–Crippen LogP) is 5.62. The molecule has 0 amide bonds. The van der Waals surface area contributed by atoms with E-state index in [4.69, 9.17) is 4.74 Å². The summed E-state index contributed by atoms with van der Waals surface area (Å²) in [6.07, 6.45) is -0.467. The Hall–Kier alpha value is -3.19. The average Bonchev–Trinajstić information content (AvgIpc) is 2.73. The maximum absolute atomic E-state index is 12.5. The van der Waals surface area contributed by atoms with Gasteiger partial charge in [0.25, 0.3) is 0 Å². The van der Waals surface area contributed by atoms with Crippen LogP contribution in [0, 0.1) is 0 Å². The van der Waals surface area contributed by atoms with Gasteiger partial charge in [-0.05, 0) is 23.6 Å². The van der Waals surface area contributed by atoms with Gasteiger partial charge in [0.1, 0.15) is 6.10 Å². The molecule has 0 aromatic heterocycles. The number of carbonyl (C=O) groups excluding carboxylic acids is 1. The third-order valence-corrected chi connectivity index (χ3v) is 4.36. The Balaban J connectivity index is 2.27. The summed E-state index contributed by atoms with van der Waals surface area (Å²) >= 11 is 0. The predicted molar refractivity (Wildman–Crippen MR) is 109 cm³/mol. The molecule has 0 saturated carbocycles. The van der Waals surface area contributed by atoms with Crippen LogP contribution >= 0.6 is 0 Å². The first-order valence-corrected chi connectivity index (χ1v) is 8.91. The molecule has 0 N–H and O–H groups in total. The van der Waals surface area contributed by atoms with E-state index in [1.165, 1.54) is 0 Å². The zero-order valence-corrected chi connectivity index (χ0v) is 15.6. The van der Waals surface area contributed by atoms with Crippen molar-refractivity contribution in [2.45, 2.75) is 13.0 Å². The zero-order chi connectivity index (χ0) is 19.1. The quantitative estimate of drug-likeness (QED) is 0.424. The average molecular weight is 354 g/mol. The second kappa shape index (κ2) is 8.95. The summed E-state index contributed by atoms with van der Waals surface area (Å²) in [5, 5.41) is 0. The minimum Gasteiger partial charge on any atom is -0.371 e. The molecule has 27 heavy (non-hydrogen) atoms. The highest BCUT2D eigenvalue weighted by Crippen LogP contribution is 2.29. The zero-order valence-electron chi connectivity index (χ0n) is 15.6. The molecule has 3 rings (SSSR count). The third-order valence-electron chi connectivity index (χ3n) is 4.36. The number of carbonyl (C=O) groups is 1. The largest absolute Gasteiger partial charge is 0.371 e. The minimum absolute atomic E-state index is 0.0601. The Morgan fingerprint density at radius 2 is 1.22 bits per heavy atom. The molecular weight excluding hydrogens is 332 g/mol. The van der Waals surface area contributed by atoms with Gasteiger partial charge >= 0.3 is 0 Å². The molecule has 1 atom stereocenters. The molecule has 2 nitrogen and oxygen atoms in total. The highest BCUT2D eigenvalue weighted by molar-refractivity contribution is 5.96. The van der Waals surface area contributed by atoms with Gasteiger partial charge in [-0.25, -0.2) is 0 Å². The highest BCUT2D eigenvalue weighted by Gasteiger charge is 2.20. The molecule has 0 unspecified atom stereocenters. The van der Waals surface area contributed by atoms with Crippen LogP contribution in [-0.2, 0) is 9.53 Å². The van der Waals surface area contributed by atoms with Crippen LogP contribution < -0.4 is 0 Å². The minimum atomic E-state index is -0.467. The fourth-order valence-electron chi connectivity index (χ4n) is 3.04. The maximum atomic E-state index is 12.5. The summed E-state index contributed by atoms with van der Waals surface area (Å²) in [6.45, 7) is 1.56. The van der Waals surface area contributed by atoms with Gasteiger partial charge in [0.15, 0.2) is 5.78 Å². The molecule has 0 heterocycles. The summed E-state index contributed by atoms with van der Waals surface area (Å²) in [6, 6.07) is 29.7. The number of methoxy groups -OCH3 is 1. The van der Waals surface area contributed by atoms with Crippen LogP contribution in [0.15, 0.2) is 102 Å². The molecule has 0 spiro atoms. The van der Waals surface area contributed by atoms with Crippen LogP contribution in [0.25, 0.3) is 5.57 Å². The second-order valence-corrected chi connectivity index (χ2v) is 6.23. The van der Waals surface area contributed by atoms with E-state index in [0.29, 0.717) is 5.57 Å². The van der Waals surface area contributed by atoms with Crippen LogP contribution in [0.1, 0.15) is 29.7 Å². The first-order valence-electron chi connectivity index (χ1n) is 8.91. The van der Waals surface area contributed by atoms with E-state index in [1.54, 1.807) is 14.0 Å². The van der Waals surface area contributed by atoms with Gasteiger partial charge in [-0.3, -0.25) is 4.79 Å². The second-order valence-electron chi connectivity index (χ2n) is 6.23. The molecule has 0 bridgehead atoms. The number of hydrogen-bond donors (Lipinski definition) is 0. The van der Waals surface area contributed by atoms with E-state index in [1.807, 2.05) is 91.0 Å². The molecule has 134 valence electrons. The van der Waals surface area contributed by atoms with E-state index < -0.39 is 6.10 Å². The van der Waals surface area contributed by atoms with Gasteiger partial charge < -0.3 is 4.74 Å². The highest BCUT2D eigenvalue weighted by atomic mass is 16.5. The number of benzene rings is 3. The maximum Gasteiger partial charge on any atom is 0.166 e. The Kier molecular flexibility index (Phi) is 6.17. The first kappa shape index (κ1) is 18.6. The third kappa shape index (κ3) is 4.51. The molecular formula is C25H22O2. The monoisotopic (exact) mass is 354 g/mol. The molecule has 3 aromatic carbocycles. The number of rotatable bonds is 6.